The number of rotatable bonds is 4. The molecule has 146 valence electrons. The molecule has 2 aromatic rings. The van der Waals surface area contributed by atoms with E-state index >= 15 is 4.39 Å². The molecule has 1 N–H and O–H groups in total. The summed E-state index contributed by atoms with van der Waals surface area (Å²) in [5.74, 6) is 0.0834. The summed E-state index contributed by atoms with van der Waals surface area (Å²) in [6.45, 7) is 5.89. The van der Waals surface area contributed by atoms with Crippen molar-refractivity contribution in [3.8, 4) is 0 Å². The third-order valence-electron chi connectivity index (χ3n) is 5.96. The summed E-state index contributed by atoms with van der Waals surface area (Å²) in [5, 5.41) is 3.37. The van der Waals surface area contributed by atoms with Crippen LogP contribution in [0.3, 0.4) is 0 Å². The molecule has 0 spiro atoms. The molecule has 2 aliphatic rings. The number of nitrogens with zero attached hydrogens (tertiary/aromatic N) is 4. The lowest BCUT2D eigenvalue weighted by Crippen LogP contribution is -2.53. The van der Waals surface area contributed by atoms with Gasteiger partial charge in [-0.3, -0.25) is 9.36 Å². The molecule has 27 heavy (non-hydrogen) atoms. The molecule has 4 atom stereocenters. The van der Waals surface area contributed by atoms with Gasteiger partial charge in [-0.15, -0.1) is 0 Å². The van der Waals surface area contributed by atoms with Gasteiger partial charge in [0.05, 0.1) is 6.33 Å². The summed E-state index contributed by atoms with van der Waals surface area (Å²) in [6.07, 6.45) is 4.64. The molecule has 0 aromatic carbocycles. The van der Waals surface area contributed by atoms with Crippen molar-refractivity contribution in [2.24, 2.45) is 0 Å². The minimum Gasteiger partial charge on any atom is -0.453 e. The van der Waals surface area contributed by atoms with Crippen LogP contribution in [0.25, 0.3) is 11.2 Å². The molecule has 2 aromatic heterocycles. The zero-order valence-corrected chi connectivity index (χ0v) is 15.9. The minimum absolute atomic E-state index is 0.384. The molecule has 1 aliphatic carbocycles. The first kappa shape index (κ1) is 18.1. The van der Waals surface area contributed by atoms with Gasteiger partial charge in [-0.05, 0) is 40.0 Å². The number of alkyl halides is 1. The number of imidazole rings is 1. The molecule has 4 rings (SSSR count). The Balaban J connectivity index is 1.72. The molecule has 0 bridgehead atoms. The van der Waals surface area contributed by atoms with Gasteiger partial charge in [-0.2, -0.15) is 0 Å². The highest BCUT2D eigenvalue weighted by molar-refractivity contribution is 5.83. The fourth-order valence-electron chi connectivity index (χ4n) is 3.78. The summed E-state index contributed by atoms with van der Waals surface area (Å²) in [7, 11) is 0. The highest BCUT2D eigenvalue weighted by Gasteiger charge is 2.65. The monoisotopic (exact) mass is 377 g/mol. The maximum atomic E-state index is 15.9. The lowest BCUT2D eigenvalue weighted by Gasteiger charge is -2.36. The van der Waals surface area contributed by atoms with Crippen LogP contribution < -0.4 is 5.32 Å². The Morgan fingerprint density at radius 2 is 2.11 bits per heavy atom. The number of fused-ring (bicyclic) bond motifs is 1. The van der Waals surface area contributed by atoms with Crippen molar-refractivity contribution < 1.29 is 18.7 Å². The maximum absolute atomic E-state index is 15.9. The van der Waals surface area contributed by atoms with E-state index in [0.717, 1.165) is 12.8 Å². The molecule has 8 nitrogen and oxygen atoms in total. The first-order chi connectivity index (χ1) is 12.7. The number of hydrogen-bond donors (Lipinski definition) is 1. The Morgan fingerprint density at radius 3 is 2.74 bits per heavy atom. The van der Waals surface area contributed by atoms with E-state index in [4.69, 9.17) is 9.47 Å². The summed E-state index contributed by atoms with van der Waals surface area (Å²) in [6, 6.07) is 0.384. The maximum Gasteiger partial charge on any atom is 0.303 e. The number of halogens is 1. The second kappa shape index (κ2) is 6.12. The number of carbonyl (C=O) groups is 1. The number of carbonyl (C=O) groups excluding carboxylic acids is 1. The Kier molecular flexibility index (Phi) is 4.10. The van der Waals surface area contributed by atoms with Crippen molar-refractivity contribution in [3.05, 3.63) is 12.7 Å². The van der Waals surface area contributed by atoms with Crippen molar-refractivity contribution in [2.75, 3.05) is 5.32 Å². The van der Waals surface area contributed by atoms with E-state index in [1.807, 2.05) is 0 Å². The fraction of sp³-hybridized carbons (Fsp3) is 0.667. The molecule has 1 aliphatic heterocycles. The molecule has 1 saturated carbocycles. The van der Waals surface area contributed by atoms with E-state index in [1.165, 1.54) is 32.9 Å². The van der Waals surface area contributed by atoms with Gasteiger partial charge < -0.3 is 14.8 Å². The molecule has 1 saturated heterocycles. The van der Waals surface area contributed by atoms with Crippen LogP contribution in [-0.4, -0.2) is 48.9 Å². The van der Waals surface area contributed by atoms with Crippen molar-refractivity contribution in [1.29, 1.82) is 0 Å². The lowest BCUT2D eigenvalue weighted by molar-refractivity contribution is -0.172. The van der Waals surface area contributed by atoms with Crippen LogP contribution in [0.1, 0.15) is 53.2 Å². The molecule has 3 heterocycles. The van der Waals surface area contributed by atoms with Crippen LogP contribution in [-0.2, 0) is 14.3 Å². The molecule has 9 heteroatoms. The van der Waals surface area contributed by atoms with E-state index in [-0.39, 0.29) is 0 Å². The van der Waals surface area contributed by atoms with Gasteiger partial charge in [0.25, 0.3) is 0 Å². The Bertz CT molecular complexity index is 881. The Hall–Kier alpha value is -2.29. The zero-order chi connectivity index (χ0) is 19.4. The quantitative estimate of drug-likeness (QED) is 0.819. The Labute approximate surface area is 156 Å². The number of nitrogens with one attached hydrogen (secondary N) is 1. The van der Waals surface area contributed by atoms with Crippen LogP contribution in [0.5, 0.6) is 0 Å². The highest BCUT2D eigenvalue weighted by atomic mass is 19.1. The number of hydrogen-bond acceptors (Lipinski definition) is 7. The second-order valence-corrected chi connectivity index (χ2v) is 7.73. The zero-order valence-electron chi connectivity index (χ0n) is 15.9. The average molecular weight is 377 g/mol. The predicted molar refractivity (Wildman–Crippen MR) is 95.9 cm³/mol. The second-order valence-electron chi connectivity index (χ2n) is 7.73. The SMILES string of the molecule is CC(=O)O[C@@]1(C)[C@@H](C)OC(n2cnc3c(NC4CCC4)ncnc32)[C@]1(C)F. The van der Waals surface area contributed by atoms with Gasteiger partial charge in [0.15, 0.2) is 34.5 Å². The first-order valence-electron chi connectivity index (χ1n) is 9.22. The predicted octanol–water partition coefficient (Wildman–Crippen LogP) is 2.76. The number of anilines is 1. The van der Waals surface area contributed by atoms with E-state index in [1.54, 1.807) is 18.4 Å². The van der Waals surface area contributed by atoms with E-state index in [0.29, 0.717) is 23.0 Å². The molecular formula is C18H24FN5O3. The van der Waals surface area contributed by atoms with E-state index < -0.39 is 29.6 Å². The largest absolute Gasteiger partial charge is 0.453 e. The normalized spacial score (nSPS) is 33.8. The van der Waals surface area contributed by atoms with Gasteiger partial charge in [0.1, 0.15) is 12.4 Å². The number of ether oxygens (including phenoxy) is 2. The molecular weight excluding hydrogens is 353 g/mol. The standard InChI is InChI=1S/C18H24FN5O3/c1-10-18(4,27-11(2)25)17(3,19)16(26-10)24-9-22-13-14(20-8-21-15(13)24)23-12-6-5-7-12/h8-10,12,16H,5-7H2,1-4H3,(H,20,21,23)/t10-,16?,17+,18+/m1/s1. The van der Waals surface area contributed by atoms with Gasteiger partial charge in [0.2, 0.25) is 0 Å². The van der Waals surface area contributed by atoms with Gasteiger partial charge >= 0.3 is 5.97 Å². The summed E-state index contributed by atoms with van der Waals surface area (Å²) in [4.78, 5) is 24.5. The van der Waals surface area contributed by atoms with Gasteiger partial charge in [0, 0.05) is 13.0 Å². The molecule has 0 amide bonds. The third-order valence-corrected chi connectivity index (χ3v) is 5.96. The summed E-state index contributed by atoms with van der Waals surface area (Å²) >= 11 is 0. The third kappa shape index (κ3) is 2.67. The van der Waals surface area contributed by atoms with Crippen LogP contribution in [0.2, 0.25) is 0 Å². The minimum atomic E-state index is -1.99. The first-order valence-corrected chi connectivity index (χ1v) is 9.22. The van der Waals surface area contributed by atoms with Crippen LogP contribution >= 0.6 is 0 Å². The van der Waals surface area contributed by atoms with Crippen LogP contribution in [0.4, 0.5) is 10.2 Å². The smallest absolute Gasteiger partial charge is 0.303 e. The van der Waals surface area contributed by atoms with Crippen LogP contribution in [0, 0.1) is 0 Å². The molecule has 0 radical (unpaired) electrons. The van der Waals surface area contributed by atoms with Gasteiger partial charge in [-0.25, -0.2) is 19.3 Å². The highest BCUT2D eigenvalue weighted by Crippen LogP contribution is 2.50. The van der Waals surface area contributed by atoms with Crippen molar-refractivity contribution >= 4 is 23.0 Å². The van der Waals surface area contributed by atoms with Crippen LogP contribution in [0.15, 0.2) is 12.7 Å². The van der Waals surface area contributed by atoms with Crippen molar-refractivity contribution in [1.82, 2.24) is 19.5 Å². The fourth-order valence-corrected chi connectivity index (χ4v) is 3.78. The van der Waals surface area contributed by atoms with E-state index in [2.05, 4.69) is 20.3 Å². The molecule has 2 fully saturated rings. The number of aromatic nitrogens is 4. The summed E-state index contributed by atoms with van der Waals surface area (Å²) < 4.78 is 28.7. The molecule has 1 unspecified atom stereocenters. The van der Waals surface area contributed by atoms with Gasteiger partial charge in [-0.1, -0.05) is 0 Å². The topological polar surface area (TPSA) is 91.2 Å². The Morgan fingerprint density at radius 1 is 1.37 bits per heavy atom. The lowest BCUT2D eigenvalue weighted by atomic mass is 9.84. The van der Waals surface area contributed by atoms with Crippen molar-refractivity contribution in [3.63, 3.8) is 0 Å². The van der Waals surface area contributed by atoms with Crippen molar-refractivity contribution in [2.45, 2.75) is 76.6 Å². The summed E-state index contributed by atoms with van der Waals surface area (Å²) in [5.41, 5.74) is -2.38. The average Bonchev–Trinajstić information content (AvgIpc) is 3.04. The number of esters is 1. The van der Waals surface area contributed by atoms with E-state index in [9.17, 15) is 4.79 Å².